The summed E-state index contributed by atoms with van der Waals surface area (Å²) in [5.74, 6) is -1.01. The maximum atomic E-state index is 12.9. The molecule has 1 aliphatic rings. The maximum absolute atomic E-state index is 12.9. The van der Waals surface area contributed by atoms with Crippen LogP contribution in [-0.4, -0.2) is 49.1 Å². The van der Waals surface area contributed by atoms with Crippen LogP contribution in [0.5, 0.6) is 5.75 Å². The Kier molecular flexibility index (Phi) is 6.56. The minimum absolute atomic E-state index is 0.0444. The van der Waals surface area contributed by atoms with Gasteiger partial charge in [-0.1, -0.05) is 23.7 Å². The van der Waals surface area contributed by atoms with E-state index in [0.717, 1.165) is 0 Å². The van der Waals surface area contributed by atoms with Crippen molar-refractivity contribution in [2.24, 2.45) is 0 Å². The standard InChI is InChI=1S/C22H22ClNO5/c1-28-12-4-11-24-19(15-5-3-6-17(13-15)29-2)18(21(26)22(24)27)20(25)14-7-9-16(23)10-8-14/h3,5-10,13,19,25H,4,11-12H2,1-2H3/t19-/m1/s1. The topological polar surface area (TPSA) is 76.1 Å². The van der Waals surface area contributed by atoms with Crippen molar-refractivity contribution in [1.29, 1.82) is 0 Å². The van der Waals surface area contributed by atoms with Crippen LogP contribution in [0.3, 0.4) is 0 Å². The number of carbonyl (C=O) groups is 2. The number of ketones is 1. The molecule has 1 N–H and O–H groups in total. The molecule has 1 heterocycles. The highest BCUT2D eigenvalue weighted by Gasteiger charge is 2.45. The summed E-state index contributed by atoms with van der Waals surface area (Å²) in [6.45, 7) is 0.767. The quantitative estimate of drug-likeness (QED) is 0.322. The number of nitrogens with zero attached hydrogens (tertiary/aromatic N) is 1. The SMILES string of the molecule is COCCCN1C(=O)C(=O)C(=C(O)c2ccc(Cl)cc2)[C@H]1c1cccc(OC)c1. The number of likely N-dealkylation sites (tertiary alicyclic amines) is 1. The van der Waals surface area contributed by atoms with E-state index in [-0.39, 0.29) is 11.3 Å². The molecule has 3 rings (SSSR count). The molecule has 2 aromatic rings. The predicted molar refractivity (Wildman–Crippen MR) is 110 cm³/mol. The van der Waals surface area contributed by atoms with Crippen molar-refractivity contribution in [3.63, 3.8) is 0 Å². The Morgan fingerprint density at radius 1 is 1.14 bits per heavy atom. The van der Waals surface area contributed by atoms with Gasteiger partial charge in [0, 0.05) is 30.8 Å². The number of ether oxygens (including phenoxy) is 2. The number of hydrogen-bond donors (Lipinski definition) is 1. The van der Waals surface area contributed by atoms with Gasteiger partial charge in [-0.05, 0) is 48.4 Å². The van der Waals surface area contributed by atoms with Crippen LogP contribution < -0.4 is 4.74 Å². The first-order valence-corrected chi connectivity index (χ1v) is 9.53. The van der Waals surface area contributed by atoms with Crippen LogP contribution in [0.1, 0.15) is 23.6 Å². The van der Waals surface area contributed by atoms with Crippen LogP contribution in [-0.2, 0) is 14.3 Å². The van der Waals surface area contributed by atoms with Gasteiger partial charge < -0.3 is 19.5 Å². The third-order valence-electron chi connectivity index (χ3n) is 4.81. The third-order valence-corrected chi connectivity index (χ3v) is 5.07. The van der Waals surface area contributed by atoms with Crippen molar-refractivity contribution in [1.82, 2.24) is 4.90 Å². The minimum Gasteiger partial charge on any atom is -0.507 e. The minimum atomic E-state index is -0.724. The molecule has 1 amide bonds. The fourth-order valence-electron chi connectivity index (χ4n) is 3.41. The Bertz CT molecular complexity index is 938. The number of halogens is 1. The lowest BCUT2D eigenvalue weighted by Crippen LogP contribution is -2.31. The molecule has 0 saturated carbocycles. The second kappa shape index (κ2) is 9.11. The van der Waals surface area contributed by atoms with E-state index in [9.17, 15) is 14.7 Å². The van der Waals surface area contributed by atoms with E-state index < -0.39 is 17.7 Å². The third kappa shape index (κ3) is 4.28. The van der Waals surface area contributed by atoms with Crippen LogP contribution in [0.2, 0.25) is 5.02 Å². The molecule has 1 atom stereocenters. The summed E-state index contributed by atoms with van der Waals surface area (Å²) in [6.07, 6.45) is 0.560. The molecule has 29 heavy (non-hydrogen) atoms. The molecule has 0 unspecified atom stereocenters. The first-order valence-electron chi connectivity index (χ1n) is 9.15. The molecule has 6 nitrogen and oxygen atoms in total. The summed E-state index contributed by atoms with van der Waals surface area (Å²) in [4.78, 5) is 27.1. The van der Waals surface area contributed by atoms with E-state index in [4.69, 9.17) is 21.1 Å². The van der Waals surface area contributed by atoms with Gasteiger partial charge in [-0.15, -0.1) is 0 Å². The maximum Gasteiger partial charge on any atom is 0.295 e. The molecule has 152 valence electrons. The number of aliphatic hydroxyl groups excluding tert-OH is 1. The van der Waals surface area contributed by atoms with E-state index in [1.54, 1.807) is 62.8 Å². The van der Waals surface area contributed by atoms with Gasteiger partial charge in [-0.25, -0.2) is 0 Å². The summed E-state index contributed by atoms with van der Waals surface area (Å²) >= 11 is 5.93. The fraction of sp³-hybridized carbons (Fsp3) is 0.273. The number of rotatable bonds is 7. The first kappa shape index (κ1) is 20.9. The molecule has 2 aromatic carbocycles. The molecular weight excluding hydrogens is 394 g/mol. The highest BCUT2D eigenvalue weighted by atomic mass is 35.5. The van der Waals surface area contributed by atoms with Gasteiger partial charge in [0.2, 0.25) is 0 Å². The number of aliphatic hydroxyl groups is 1. The second-order valence-corrected chi connectivity index (χ2v) is 7.06. The first-order chi connectivity index (χ1) is 14.0. The predicted octanol–water partition coefficient (Wildman–Crippen LogP) is 3.81. The lowest BCUT2D eigenvalue weighted by atomic mass is 9.95. The lowest BCUT2D eigenvalue weighted by Gasteiger charge is -2.25. The molecule has 1 saturated heterocycles. The number of methoxy groups -OCH3 is 2. The number of Topliss-reactive ketones (excluding diaryl/α,β-unsaturated/α-hetero) is 1. The summed E-state index contributed by atoms with van der Waals surface area (Å²) in [5.41, 5.74) is 1.14. The van der Waals surface area contributed by atoms with Crippen molar-refractivity contribution in [3.05, 3.63) is 70.3 Å². The highest BCUT2D eigenvalue weighted by molar-refractivity contribution is 6.46. The van der Waals surface area contributed by atoms with Crippen LogP contribution >= 0.6 is 11.6 Å². The molecule has 0 aromatic heterocycles. The molecular formula is C22H22ClNO5. The van der Waals surface area contributed by atoms with Gasteiger partial charge >= 0.3 is 0 Å². The smallest absolute Gasteiger partial charge is 0.295 e. The molecule has 0 aliphatic carbocycles. The Morgan fingerprint density at radius 3 is 2.52 bits per heavy atom. The van der Waals surface area contributed by atoms with Crippen LogP contribution in [0, 0.1) is 0 Å². The van der Waals surface area contributed by atoms with Crippen LogP contribution in [0.4, 0.5) is 0 Å². The van der Waals surface area contributed by atoms with Gasteiger partial charge in [0.15, 0.2) is 0 Å². The number of carbonyl (C=O) groups excluding carboxylic acids is 2. The van der Waals surface area contributed by atoms with E-state index in [1.165, 1.54) is 4.90 Å². The summed E-state index contributed by atoms with van der Waals surface area (Å²) < 4.78 is 10.4. The van der Waals surface area contributed by atoms with Crippen molar-refractivity contribution in [3.8, 4) is 5.75 Å². The van der Waals surface area contributed by atoms with Crippen LogP contribution in [0.25, 0.3) is 5.76 Å². The Labute approximate surface area is 174 Å². The van der Waals surface area contributed by atoms with Gasteiger partial charge in [-0.3, -0.25) is 9.59 Å². The Morgan fingerprint density at radius 2 is 1.86 bits per heavy atom. The van der Waals surface area contributed by atoms with Gasteiger partial charge in [-0.2, -0.15) is 0 Å². The zero-order valence-corrected chi connectivity index (χ0v) is 17.0. The monoisotopic (exact) mass is 415 g/mol. The zero-order valence-electron chi connectivity index (χ0n) is 16.2. The molecule has 1 fully saturated rings. The van der Waals surface area contributed by atoms with Gasteiger partial charge in [0.25, 0.3) is 11.7 Å². The van der Waals surface area contributed by atoms with E-state index >= 15 is 0 Å². The largest absolute Gasteiger partial charge is 0.507 e. The molecule has 0 spiro atoms. The number of hydrogen-bond acceptors (Lipinski definition) is 5. The Hall–Kier alpha value is -2.83. The van der Waals surface area contributed by atoms with Crippen molar-refractivity contribution in [2.75, 3.05) is 27.4 Å². The van der Waals surface area contributed by atoms with Crippen molar-refractivity contribution >= 4 is 29.1 Å². The van der Waals surface area contributed by atoms with E-state index in [2.05, 4.69) is 0 Å². The van der Waals surface area contributed by atoms with Crippen molar-refractivity contribution in [2.45, 2.75) is 12.5 Å². The van der Waals surface area contributed by atoms with E-state index in [1.807, 2.05) is 0 Å². The fourth-order valence-corrected chi connectivity index (χ4v) is 3.54. The summed E-state index contributed by atoms with van der Waals surface area (Å²) in [5, 5.41) is 11.4. The van der Waals surface area contributed by atoms with Gasteiger partial charge in [0.1, 0.15) is 11.5 Å². The molecule has 0 radical (unpaired) electrons. The van der Waals surface area contributed by atoms with Crippen LogP contribution in [0.15, 0.2) is 54.1 Å². The lowest BCUT2D eigenvalue weighted by molar-refractivity contribution is -0.140. The van der Waals surface area contributed by atoms with Crippen molar-refractivity contribution < 1.29 is 24.2 Å². The molecule has 0 bridgehead atoms. The number of benzene rings is 2. The summed E-state index contributed by atoms with van der Waals surface area (Å²) in [7, 11) is 3.12. The molecule has 7 heteroatoms. The highest BCUT2D eigenvalue weighted by Crippen LogP contribution is 2.40. The average Bonchev–Trinajstić information content (AvgIpc) is 2.99. The second-order valence-electron chi connectivity index (χ2n) is 6.62. The average molecular weight is 416 g/mol. The Balaban J connectivity index is 2.12. The molecule has 1 aliphatic heterocycles. The summed E-state index contributed by atoms with van der Waals surface area (Å²) in [6, 6.07) is 12.9. The normalized spacial score (nSPS) is 18.3. The van der Waals surface area contributed by atoms with Gasteiger partial charge in [0.05, 0.1) is 18.7 Å². The zero-order chi connectivity index (χ0) is 21.0. The van der Waals surface area contributed by atoms with E-state index in [0.29, 0.717) is 41.5 Å². The number of amides is 1.